The van der Waals surface area contributed by atoms with Crippen LogP contribution in [0.5, 0.6) is 0 Å². The number of carbonyl (C=O) groups is 1. The molecule has 2 atom stereocenters. The number of hydrogen-bond donors (Lipinski definition) is 1. The fourth-order valence-corrected chi connectivity index (χ4v) is 4.03. The first kappa shape index (κ1) is 17.6. The molecule has 132 valence electrons. The van der Waals surface area contributed by atoms with E-state index in [4.69, 9.17) is 4.74 Å². The van der Waals surface area contributed by atoms with E-state index in [0.717, 1.165) is 31.1 Å². The van der Waals surface area contributed by atoms with Gasteiger partial charge in [-0.05, 0) is 39.0 Å². The molecular formula is C18H27N3O2S. The summed E-state index contributed by atoms with van der Waals surface area (Å²) in [7, 11) is 0. The molecule has 1 amide bonds. The molecule has 2 heterocycles. The van der Waals surface area contributed by atoms with E-state index < -0.39 is 0 Å². The molecule has 6 heteroatoms. The highest BCUT2D eigenvalue weighted by atomic mass is 32.1. The number of ether oxygens (including phenoxy) is 1. The van der Waals surface area contributed by atoms with Gasteiger partial charge in [0.2, 0.25) is 5.91 Å². The molecule has 0 saturated carbocycles. The zero-order chi connectivity index (χ0) is 16.8. The smallest absolute Gasteiger partial charge is 0.237 e. The number of amides is 1. The largest absolute Gasteiger partial charge is 0.368 e. The molecule has 0 spiro atoms. The van der Waals surface area contributed by atoms with E-state index >= 15 is 0 Å². The number of nitrogens with zero attached hydrogens (tertiary/aromatic N) is 2. The maximum atomic E-state index is 12.5. The normalized spacial score (nSPS) is 23.5. The van der Waals surface area contributed by atoms with Gasteiger partial charge in [0.05, 0.1) is 12.6 Å². The summed E-state index contributed by atoms with van der Waals surface area (Å²) in [5, 5.41) is 6.06. The molecule has 2 aliphatic rings. The molecule has 1 aromatic rings. The molecular weight excluding hydrogens is 322 g/mol. The lowest BCUT2D eigenvalue weighted by Crippen LogP contribution is -2.50. The number of rotatable bonds is 6. The third kappa shape index (κ3) is 4.65. The Hall–Kier alpha value is -1.24. The number of allylic oxidation sites excluding steroid dienone is 1. The van der Waals surface area contributed by atoms with Crippen molar-refractivity contribution >= 4 is 17.2 Å². The summed E-state index contributed by atoms with van der Waals surface area (Å²) < 4.78 is 5.81. The van der Waals surface area contributed by atoms with E-state index in [9.17, 15) is 4.79 Å². The molecule has 0 aromatic carbocycles. The van der Waals surface area contributed by atoms with E-state index in [1.807, 2.05) is 12.3 Å². The Morgan fingerprint density at radius 1 is 1.54 bits per heavy atom. The van der Waals surface area contributed by atoms with Crippen LogP contribution in [-0.2, 0) is 9.53 Å². The summed E-state index contributed by atoms with van der Waals surface area (Å²) in [5.74, 6) is 0.117. The monoisotopic (exact) mass is 349 g/mol. The predicted molar refractivity (Wildman–Crippen MR) is 96.0 cm³/mol. The van der Waals surface area contributed by atoms with Crippen LogP contribution in [0, 0.1) is 0 Å². The predicted octanol–water partition coefficient (Wildman–Crippen LogP) is 2.91. The molecule has 1 aliphatic heterocycles. The minimum absolute atomic E-state index is 0.0126. The molecule has 5 nitrogen and oxygen atoms in total. The van der Waals surface area contributed by atoms with Gasteiger partial charge >= 0.3 is 0 Å². The van der Waals surface area contributed by atoms with Crippen molar-refractivity contribution in [3.05, 3.63) is 28.2 Å². The zero-order valence-corrected chi connectivity index (χ0v) is 15.2. The third-order valence-electron chi connectivity index (χ3n) is 4.88. The van der Waals surface area contributed by atoms with Crippen molar-refractivity contribution in [1.29, 1.82) is 0 Å². The number of aromatic nitrogens is 1. The van der Waals surface area contributed by atoms with Gasteiger partial charge in [0, 0.05) is 31.2 Å². The van der Waals surface area contributed by atoms with Crippen LogP contribution in [0.2, 0.25) is 0 Å². The SMILES string of the molecule is CC(C(=O)NCCC1=CCCCC1)N1CCOC(c2nccs2)C1. The van der Waals surface area contributed by atoms with Crippen molar-refractivity contribution in [2.75, 3.05) is 26.2 Å². The zero-order valence-electron chi connectivity index (χ0n) is 14.4. The maximum Gasteiger partial charge on any atom is 0.237 e. The minimum atomic E-state index is -0.128. The van der Waals surface area contributed by atoms with Crippen molar-refractivity contribution in [1.82, 2.24) is 15.2 Å². The van der Waals surface area contributed by atoms with Gasteiger partial charge in [-0.1, -0.05) is 11.6 Å². The maximum absolute atomic E-state index is 12.5. The number of thiazole rings is 1. The fraction of sp³-hybridized carbons (Fsp3) is 0.667. The van der Waals surface area contributed by atoms with Crippen molar-refractivity contribution in [3.63, 3.8) is 0 Å². The number of hydrogen-bond acceptors (Lipinski definition) is 5. The fourth-order valence-electron chi connectivity index (χ4n) is 3.36. The van der Waals surface area contributed by atoms with Crippen LogP contribution >= 0.6 is 11.3 Å². The Balaban J connectivity index is 1.45. The van der Waals surface area contributed by atoms with E-state index in [-0.39, 0.29) is 18.1 Å². The quantitative estimate of drug-likeness (QED) is 0.803. The van der Waals surface area contributed by atoms with E-state index in [0.29, 0.717) is 6.61 Å². The first-order valence-corrected chi connectivity index (χ1v) is 9.82. The molecule has 1 aromatic heterocycles. The van der Waals surface area contributed by atoms with Crippen LogP contribution < -0.4 is 5.32 Å². The highest BCUT2D eigenvalue weighted by molar-refractivity contribution is 7.09. The minimum Gasteiger partial charge on any atom is -0.368 e. The van der Waals surface area contributed by atoms with E-state index in [2.05, 4.69) is 21.3 Å². The second kappa shape index (κ2) is 8.74. The first-order chi connectivity index (χ1) is 11.7. The number of nitrogens with one attached hydrogen (secondary N) is 1. The Morgan fingerprint density at radius 2 is 2.46 bits per heavy atom. The van der Waals surface area contributed by atoms with Gasteiger partial charge in [0.25, 0.3) is 0 Å². The molecule has 24 heavy (non-hydrogen) atoms. The Kier molecular flexibility index (Phi) is 6.40. The lowest BCUT2D eigenvalue weighted by molar-refractivity contribution is -0.129. The number of morpholine rings is 1. The van der Waals surface area contributed by atoms with Gasteiger partial charge in [-0.3, -0.25) is 9.69 Å². The van der Waals surface area contributed by atoms with Gasteiger partial charge in [-0.2, -0.15) is 0 Å². The van der Waals surface area contributed by atoms with Crippen molar-refractivity contribution in [3.8, 4) is 0 Å². The second-order valence-electron chi connectivity index (χ2n) is 6.55. The Bertz CT molecular complexity index is 559. The summed E-state index contributed by atoms with van der Waals surface area (Å²) >= 11 is 1.61. The average Bonchev–Trinajstić information content (AvgIpc) is 3.17. The standard InChI is InChI=1S/C18H27N3O2S/c1-14(17(22)19-8-7-15-5-3-2-4-6-15)21-10-11-23-16(13-21)18-20-9-12-24-18/h5,9,12,14,16H,2-4,6-8,10-11,13H2,1H3,(H,19,22). The molecule has 1 N–H and O–H groups in total. The molecule has 0 bridgehead atoms. The van der Waals surface area contributed by atoms with Crippen LogP contribution in [0.25, 0.3) is 0 Å². The first-order valence-electron chi connectivity index (χ1n) is 8.94. The second-order valence-corrected chi connectivity index (χ2v) is 7.48. The molecule has 1 fully saturated rings. The van der Waals surface area contributed by atoms with Gasteiger partial charge in [0.15, 0.2) is 0 Å². The third-order valence-corrected chi connectivity index (χ3v) is 5.75. The van der Waals surface area contributed by atoms with E-state index in [1.54, 1.807) is 17.5 Å². The van der Waals surface area contributed by atoms with Crippen LogP contribution in [0.4, 0.5) is 0 Å². The topological polar surface area (TPSA) is 54.5 Å². The molecule has 1 aliphatic carbocycles. The van der Waals surface area contributed by atoms with E-state index in [1.165, 1.54) is 31.3 Å². The van der Waals surface area contributed by atoms with Crippen LogP contribution in [-0.4, -0.2) is 48.1 Å². The Morgan fingerprint density at radius 3 is 3.21 bits per heavy atom. The summed E-state index contributed by atoms with van der Waals surface area (Å²) in [4.78, 5) is 19.0. The van der Waals surface area contributed by atoms with Gasteiger partial charge in [0.1, 0.15) is 11.1 Å². The lowest BCUT2D eigenvalue weighted by atomic mass is 9.97. The highest BCUT2D eigenvalue weighted by Gasteiger charge is 2.29. The number of carbonyl (C=O) groups excluding carboxylic acids is 1. The van der Waals surface area contributed by atoms with Crippen molar-refractivity contribution < 1.29 is 9.53 Å². The summed E-state index contributed by atoms with van der Waals surface area (Å²) in [6.07, 6.45) is 10.1. The molecule has 1 saturated heterocycles. The van der Waals surface area contributed by atoms with Crippen LogP contribution in [0.1, 0.15) is 50.1 Å². The molecule has 0 radical (unpaired) electrons. The van der Waals surface area contributed by atoms with Crippen LogP contribution in [0.15, 0.2) is 23.2 Å². The molecule has 2 unspecified atom stereocenters. The summed E-state index contributed by atoms with van der Waals surface area (Å²) in [6, 6.07) is -0.128. The van der Waals surface area contributed by atoms with Gasteiger partial charge < -0.3 is 10.1 Å². The van der Waals surface area contributed by atoms with Gasteiger partial charge in [-0.15, -0.1) is 11.3 Å². The van der Waals surface area contributed by atoms with Crippen molar-refractivity contribution in [2.45, 2.75) is 51.2 Å². The summed E-state index contributed by atoms with van der Waals surface area (Å²) in [5.41, 5.74) is 1.50. The Labute approximate surface area is 148 Å². The summed E-state index contributed by atoms with van der Waals surface area (Å²) in [6.45, 7) is 4.90. The molecule has 3 rings (SSSR count). The van der Waals surface area contributed by atoms with Crippen molar-refractivity contribution in [2.24, 2.45) is 0 Å². The highest BCUT2D eigenvalue weighted by Crippen LogP contribution is 2.25. The average molecular weight is 350 g/mol. The van der Waals surface area contributed by atoms with Gasteiger partial charge in [-0.25, -0.2) is 4.98 Å². The lowest BCUT2D eigenvalue weighted by Gasteiger charge is -2.35. The van der Waals surface area contributed by atoms with Crippen LogP contribution in [0.3, 0.4) is 0 Å².